The minimum Gasteiger partial charge on any atom is -0.497 e. The number of amides is 3. The number of carbonyl (C=O) groups excluding carboxylic acids is 2. The zero-order valence-electron chi connectivity index (χ0n) is 17.1. The molecule has 1 aromatic rings. The van der Waals surface area contributed by atoms with Crippen molar-refractivity contribution in [3.8, 4) is 5.75 Å². The molecular weight excluding hydrogens is 362 g/mol. The number of rotatable bonds is 6. The van der Waals surface area contributed by atoms with Crippen LogP contribution in [0.4, 0.5) is 4.79 Å². The summed E-state index contributed by atoms with van der Waals surface area (Å²) < 4.78 is 5.22. The fourth-order valence-corrected chi connectivity index (χ4v) is 4.27. The summed E-state index contributed by atoms with van der Waals surface area (Å²) in [6.45, 7) is 11.4. The second-order valence-electron chi connectivity index (χ2n) is 7.70. The summed E-state index contributed by atoms with van der Waals surface area (Å²) in [5, 5.41) is 2.86. The van der Waals surface area contributed by atoms with E-state index in [0.29, 0.717) is 19.6 Å². The third-order valence-corrected chi connectivity index (χ3v) is 5.80. The molecule has 0 spiro atoms. The van der Waals surface area contributed by atoms with Crippen LogP contribution in [0.5, 0.6) is 5.75 Å². The Balaban J connectivity index is 2.08. The number of methoxy groups -OCH3 is 1. The fraction of sp³-hybridized carbons (Fsp3) is 0.600. The van der Waals surface area contributed by atoms with Crippen molar-refractivity contribution < 1.29 is 14.3 Å². The standard InChI is InChI=1S/C20H31N3O3S/c1-7-22(19(25)21-20(3,4)5)12-13-23-17(24)14(2)27-18(23)15-8-10-16(26-6)11-9-15/h8-11,14,18H,7,12-13H2,1-6H3,(H,21,25). The summed E-state index contributed by atoms with van der Waals surface area (Å²) >= 11 is 1.64. The van der Waals surface area contributed by atoms with Crippen molar-refractivity contribution in [3.63, 3.8) is 0 Å². The van der Waals surface area contributed by atoms with Gasteiger partial charge in [0.1, 0.15) is 11.1 Å². The lowest BCUT2D eigenvalue weighted by Crippen LogP contribution is -2.50. The Kier molecular flexibility index (Phi) is 7.03. The van der Waals surface area contributed by atoms with Crippen molar-refractivity contribution in [2.45, 2.75) is 50.8 Å². The van der Waals surface area contributed by atoms with E-state index in [1.807, 2.05) is 63.8 Å². The number of carbonyl (C=O) groups is 2. The van der Waals surface area contributed by atoms with Gasteiger partial charge in [0.05, 0.1) is 12.4 Å². The maximum Gasteiger partial charge on any atom is 0.317 e. The number of urea groups is 1. The molecule has 6 nitrogen and oxygen atoms in total. The Morgan fingerprint density at radius 1 is 1.30 bits per heavy atom. The zero-order valence-corrected chi connectivity index (χ0v) is 17.9. The summed E-state index contributed by atoms with van der Waals surface area (Å²) in [5.74, 6) is 0.914. The van der Waals surface area contributed by atoms with E-state index in [1.54, 1.807) is 23.8 Å². The molecule has 1 N–H and O–H groups in total. The number of benzene rings is 1. The van der Waals surface area contributed by atoms with E-state index in [0.717, 1.165) is 11.3 Å². The third-order valence-electron chi connectivity index (χ3n) is 4.41. The predicted octanol–water partition coefficient (Wildman–Crippen LogP) is 3.49. The molecule has 2 unspecified atom stereocenters. The number of nitrogens with zero attached hydrogens (tertiary/aromatic N) is 2. The topological polar surface area (TPSA) is 61.9 Å². The second kappa shape index (κ2) is 8.87. The number of hydrogen-bond donors (Lipinski definition) is 1. The second-order valence-corrected chi connectivity index (χ2v) is 9.12. The molecule has 0 radical (unpaired) electrons. The molecule has 2 rings (SSSR count). The fourth-order valence-electron chi connectivity index (χ4n) is 2.96. The molecule has 0 saturated carbocycles. The van der Waals surface area contributed by atoms with Crippen LogP contribution in [0.15, 0.2) is 24.3 Å². The van der Waals surface area contributed by atoms with Crippen LogP contribution < -0.4 is 10.1 Å². The van der Waals surface area contributed by atoms with Crippen molar-refractivity contribution in [1.82, 2.24) is 15.1 Å². The molecule has 150 valence electrons. The van der Waals surface area contributed by atoms with Crippen LogP contribution >= 0.6 is 11.8 Å². The first kappa shape index (κ1) is 21.4. The highest BCUT2D eigenvalue weighted by molar-refractivity contribution is 8.01. The van der Waals surface area contributed by atoms with Gasteiger partial charge >= 0.3 is 6.03 Å². The largest absolute Gasteiger partial charge is 0.497 e. The lowest BCUT2D eigenvalue weighted by Gasteiger charge is -2.30. The van der Waals surface area contributed by atoms with Crippen LogP contribution in [0.1, 0.15) is 45.6 Å². The molecule has 1 aliphatic rings. The molecule has 1 fully saturated rings. The monoisotopic (exact) mass is 393 g/mol. The molecule has 2 atom stereocenters. The smallest absolute Gasteiger partial charge is 0.317 e. The maximum atomic E-state index is 12.7. The van der Waals surface area contributed by atoms with Gasteiger partial charge in [0.25, 0.3) is 0 Å². The molecule has 0 aliphatic carbocycles. The molecule has 27 heavy (non-hydrogen) atoms. The van der Waals surface area contributed by atoms with Gasteiger partial charge in [-0.25, -0.2) is 4.79 Å². The zero-order chi connectivity index (χ0) is 20.2. The number of hydrogen-bond acceptors (Lipinski definition) is 4. The highest BCUT2D eigenvalue weighted by Crippen LogP contribution is 2.42. The minimum absolute atomic E-state index is 0.0391. The van der Waals surface area contributed by atoms with Crippen LogP contribution in [0.25, 0.3) is 0 Å². The molecule has 1 heterocycles. The van der Waals surface area contributed by atoms with E-state index in [2.05, 4.69) is 5.32 Å². The molecule has 1 aromatic carbocycles. The Labute approximate surface area is 166 Å². The summed E-state index contributed by atoms with van der Waals surface area (Å²) in [6.07, 6.45) is 0. The summed E-state index contributed by atoms with van der Waals surface area (Å²) in [7, 11) is 1.64. The first-order valence-corrected chi connectivity index (χ1v) is 10.3. The van der Waals surface area contributed by atoms with Gasteiger partial charge in [-0.05, 0) is 52.3 Å². The molecule has 1 saturated heterocycles. The Hall–Kier alpha value is -1.89. The van der Waals surface area contributed by atoms with Crippen LogP contribution in [-0.2, 0) is 4.79 Å². The van der Waals surface area contributed by atoms with Crippen molar-refractivity contribution in [3.05, 3.63) is 29.8 Å². The van der Waals surface area contributed by atoms with Gasteiger partial charge in [-0.3, -0.25) is 4.79 Å². The molecular formula is C20H31N3O3S. The van der Waals surface area contributed by atoms with Crippen molar-refractivity contribution >= 4 is 23.7 Å². The van der Waals surface area contributed by atoms with E-state index >= 15 is 0 Å². The van der Waals surface area contributed by atoms with Crippen LogP contribution in [0, 0.1) is 0 Å². The molecule has 1 aliphatic heterocycles. The highest BCUT2D eigenvalue weighted by atomic mass is 32.2. The first-order chi connectivity index (χ1) is 12.7. The average Bonchev–Trinajstić information content (AvgIpc) is 2.89. The Morgan fingerprint density at radius 2 is 1.93 bits per heavy atom. The van der Waals surface area contributed by atoms with Gasteiger partial charge in [0.15, 0.2) is 0 Å². The van der Waals surface area contributed by atoms with E-state index in [1.165, 1.54) is 0 Å². The van der Waals surface area contributed by atoms with Crippen molar-refractivity contribution in [2.24, 2.45) is 0 Å². The van der Waals surface area contributed by atoms with E-state index in [4.69, 9.17) is 4.74 Å². The van der Waals surface area contributed by atoms with Crippen LogP contribution in [0.3, 0.4) is 0 Å². The lowest BCUT2D eigenvalue weighted by atomic mass is 10.1. The van der Waals surface area contributed by atoms with Gasteiger partial charge in [0.2, 0.25) is 5.91 Å². The quantitative estimate of drug-likeness (QED) is 0.804. The van der Waals surface area contributed by atoms with E-state index in [-0.39, 0.29) is 28.1 Å². The SMILES string of the molecule is CCN(CCN1C(=O)C(C)SC1c1ccc(OC)cc1)C(=O)NC(C)(C)C. The minimum atomic E-state index is -0.288. The Morgan fingerprint density at radius 3 is 2.44 bits per heavy atom. The summed E-state index contributed by atoms with van der Waals surface area (Å²) in [6, 6.07) is 7.73. The van der Waals surface area contributed by atoms with Crippen LogP contribution in [0.2, 0.25) is 0 Å². The number of ether oxygens (including phenoxy) is 1. The van der Waals surface area contributed by atoms with Gasteiger partial charge in [-0.2, -0.15) is 0 Å². The number of nitrogens with one attached hydrogen (secondary N) is 1. The normalized spacial score (nSPS) is 19.9. The van der Waals surface area contributed by atoms with Crippen LogP contribution in [-0.4, -0.2) is 59.3 Å². The maximum absolute atomic E-state index is 12.7. The van der Waals surface area contributed by atoms with Crippen molar-refractivity contribution in [1.29, 1.82) is 0 Å². The number of likely N-dealkylation sites (N-methyl/N-ethyl adjacent to an activating group) is 1. The predicted molar refractivity (Wildman–Crippen MR) is 110 cm³/mol. The highest BCUT2D eigenvalue weighted by Gasteiger charge is 2.38. The summed E-state index contributed by atoms with van der Waals surface area (Å²) in [5.41, 5.74) is 0.782. The van der Waals surface area contributed by atoms with Gasteiger partial charge < -0.3 is 19.9 Å². The molecule has 0 aromatic heterocycles. The van der Waals surface area contributed by atoms with E-state index < -0.39 is 0 Å². The van der Waals surface area contributed by atoms with Crippen molar-refractivity contribution in [2.75, 3.05) is 26.7 Å². The summed E-state index contributed by atoms with van der Waals surface area (Å²) in [4.78, 5) is 28.8. The average molecular weight is 394 g/mol. The molecule has 3 amide bonds. The third kappa shape index (κ3) is 5.54. The van der Waals surface area contributed by atoms with E-state index in [9.17, 15) is 9.59 Å². The lowest BCUT2D eigenvalue weighted by molar-refractivity contribution is -0.129. The number of thioether (sulfide) groups is 1. The van der Waals surface area contributed by atoms with Gasteiger partial charge in [-0.15, -0.1) is 11.8 Å². The van der Waals surface area contributed by atoms with Gasteiger partial charge in [0, 0.05) is 25.2 Å². The Bertz CT molecular complexity index is 657. The molecule has 7 heteroatoms. The molecule has 0 bridgehead atoms. The first-order valence-electron chi connectivity index (χ1n) is 9.33. The van der Waals surface area contributed by atoms with Gasteiger partial charge in [-0.1, -0.05) is 12.1 Å².